The number of hydrogen-bond acceptors (Lipinski definition) is 1. The zero-order chi connectivity index (χ0) is 14.2. The Hall–Kier alpha value is -1.54. The Morgan fingerprint density at radius 3 is 1.84 bits per heavy atom. The molecule has 0 aliphatic heterocycles. The Bertz CT molecular complexity index is 564. The molecule has 2 aromatic rings. The molecule has 1 aromatic carbocycles. The number of nitrogens with one attached hydrogen (secondary N) is 1. The van der Waals surface area contributed by atoms with Crippen molar-refractivity contribution in [2.24, 2.45) is 0 Å². The molecule has 2 heteroatoms. The van der Waals surface area contributed by atoms with Gasteiger partial charge in [0.25, 0.3) is 0 Å². The summed E-state index contributed by atoms with van der Waals surface area (Å²) in [4.78, 5) is 3.30. The molecule has 0 radical (unpaired) electrons. The molecule has 2 rings (SSSR count). The second-order valence-electron chi connectivity index (χ2n) is 5.64. The molecular formula is C17H23NO. The van der Waals surface area contributed by atoms with Gasteiger partial charge in [0, 0.05) is 5.69 Å². The minimum absolute atomic E-state index is 0.517. The first kappa shape index (κ1) is 13.9. The number of H-pyrrole nitrogens is 1. The van der Waals surface area contributed by atoms with Crippen LogP contribution in [0.15, 0.2) is 24.3 Å². The molecule has 0 saturated carbocycles. The molecule has 0 bridgehead atoms. The van der Waals surface area contributed by atoms with E-state index in [1.54, 1.807) is 0 Å². The zero-order valence-corrected chi connectivity index (χ0v) is 12.4. The SMILES string of the molecule is Cc1[nH]c(C(O)c2ccc(C(C)C)cc2)c(C)c1C. The van der Waals surface area contributed by atoms with E-state index in [1.807, 2.05) is 19.1 Å². The molecular weight excluding hydrogens is 234 g/mol. The van der Waals surface area contributed by atoms with Gasteiger partial charge in [0.2, 0.25) is 0 Å². The van der Waals surface area contributed by atoms with Crippen LogP contribution >= 0.6 is 0 Å². The minimum atomic E-state index is -0.575. The maximum Gasteiger partial charge on any atom is 0.119 e. The fourth-order valence-electron chi connectivity index (χ4n) is 2.38. The van der Waals surface area contributed by atoms with Crippen molar-refractivity contribution in [1.82, 2.24) is 4.98 Å². The van der Waals surface area contributed by atoms with Crippen molar-refractivity contribution in [2.75, 3.05) is 0 Å². The molecule has 0 aliphatic rings. The van der Waals surface area contributed by atoms with E-state index in [1.165, 1.54) is 11.1 Å². The molecule has 1 atom stereocenters. The van der Waals surface area contributed by atoms with E-state index in [4.69, 9.17) is 0 Å². The van der Waals surface area contributed by atoms with Crippen molar-refractivity contribution in [1.29, 1.82) is 0 Å². The summed E-state index contributed by atoms with van der Waals surface area (Å²) in [5.41, 5.74) is 6.66. The predicted molar refractivity (Wildman–Crippen MR) is 79.6 cm³/mol. The van der Waals surface area contributed by atoms with Gasteiger partial charge in [-0.1, -0.05) is 38.1 Å². The average molecular weight is 257 g/mol. The first-order valence-electron chi connectivity index (χ1n) is 6.85. The lowest BCUT2D eigenvalue weighted by Crippen LogP contribution is -2.02. The highest BCUT2D eigenvalue weighted by Crippen LogP contribution is 2.28. The van der Waals surface area contributed by atoms with Crippen LogP contribution in [0.4, 0.5) is 0 Å². The lowest BCUT2D eigenvalue weighted by atomic mass is 9.98. The summed E-state index contributed by atoms with van der Waals surface area (Å²) in [6.45, 7) is 10.5. The molecule has 2 nitrogen and oxygen atoms in total. The largest absolute Gasteiger partial charge is 0.382 e. The van der Waals surface area contributed by atoms with E-state index in [0.29, 0.717) is 5.92 Å². The van der Waals surface area contributed by atoms with Crippen molar-refractivity contribution in [3.8, 4) is 0 Å². The molecule has 102 valence electrons. The van der Waals surface area contributed by atoms with Gasteiger partial charge in [0.1, 0.15) is 6.10 Å². The topological polar surface area (TPSA) is 36.0 Å². The lowest BCUT2D eigenvalue weighted by Gasteiger charge is -2.13. The van der Waals surface area contributed by atoms with Crippen LogP contribution in [0.2, 0.25) is 0 Å². The van der Waals surface area contributed by atoms with Crippen LogP contribution in [0.1, 0.15) is 59.5 Å². The van der Waals surface area contributed by atoms with Gasteiger partial charge in [-0.2, -0.15) is 0 Å². The lowest BCUT2D eigenvalue weighted by molar-refractivity contribution is 0.215. The van der Waals surface area contributed by atoms with E-state index >= 15 is 0 Å². The van der Waals surface area contributed by atoms with Gasteiger partial charge in [-0.05, 0) is 48.9 Å². The number of hydrogen-bond donors (Lipinski definition) is 2. The van der Waals surface area contributed by atoms with Crippen LogP contribution in [0.25, 0.3) is 0 Å². The summed E-state index contributed by atoms with van der Waals surface area (Å²) in [6, 6.07) is 8.23. The standard InChI is InChI=1S/C17H23NO/c1-10(2)14-6-8-15(9-7-14)17(19)16-12(4)11(3)13(5)18-16/h6-10,17-19H,1-5H3. The predicted octanol–water partition coefficient (Wildman–Crippen LogP) is 4.15. The van der Waals surface area contributed by atoms with Crippen LogP contribution in [-0.2, 0) is 0 Å². The molecule has 19 heavy (non-hydrogen) atoms. The zero-order valence-electron chi connectivity index (χ0n) is 12.4. The van der Waals surface area contributed by atoms with Crippen LogP contribution in [0.3, 0.4) is 0 Å². The van der Waals surface area contributed by atoms with Crippen molar-refractivity contribution < 1.29 is 5.11 Å². The minimum Gasteiger partial charge on any atom is -0.382 e. The van der Waals surface area contributed by atoms with Crippen LogP contribution < -0.4 is 0 Å². The highest BCUT2D eigenvalue weighted by atomic mass is 16.3. The molecule has 1 aromatic heterocycles. The van der Waals surface area contributed by atoms with Gasteiger partial charge in [-0.3, -0.25) is 0 Å². The fourth-order valence-corrected chi connectivity index (χ4v) is 2.38. The molecule has 1 unspecified atom stereocenters. The Balaban J connectivity index is 2.33. The van der Waals surface area contributed by atoms with Crippen molar-refractivity contribution >= 4 is 0 Å². The van der Waals surface area contributed by atoms with Gasteiger partial charge < -0.3 is 10.1 Å². The second-order valence-corrected chi connectivity index (χ2v) is 5.64. The molecule has 1 heterocycles. The molecule has 0 amide bonds. The summed E-state index contributed by atoms with van der Waals surface area (Å²) >= 11 is 0. The van der Waals surface area contributed by atoms with Gasteiger partial charge in [0.15, 0.2) is 0 Å². The Morgan fingerprint density at radius 1 is 0.895 bits per heavy atom. The van der Waals surface area contributed by atoms with E-state index in [9.17, 15) is 5.11 Å². The highest BCUT2D eigenvalue weighted by molar-refractivity contribution is 5.39. The maximum absolute atomic E-state index is 10.5. The number of aryl methyl sites for hydroxylation is 1. The Morgan fingerprint density at radius 2 is 1.42 bits per heavy atom. The van der Waals surface area contributed by atoms with Gasteiger partial charge in [0.05, 0.1) is 5.69 Å². The summed E-state index contributed by atoms with van der Waals surface area (Å²) < 4.78 is 0. The third-order valence-electron chi connectivity index (χ3n) is 4.04. The smallest absolute Gasteiger partial charge is 0.119 e. The van der Waals surface area contributed by atoms with Crippen molar-refractivity contribution in [2.45, 2.75) is 46.6 Å². The average Bonchev–Trinajstić information content (AvgIpc) is 2.66. The van der Waals surface area contributed by atoms with Crippen LogP contribution in [0, 0.1) is 20.8 Å². The fraction of sp³-hybridized carbons (Fsp3) is 0.412. The monoisotopic (exact) mass is 257 g/mol. The van der Waals surface area contributed by atoms with Gasteiger partial charge in [-0.25, -0.2) is 0 Å². The molecule has 0 saturated heterocycles. The summed E-state index contributed by atoms with van der Waals surface area (Å²) in [7, 11) is 0. The summed E-state index contributed by atoms with van der Waals surface area (Å²) in [6.07, 6.45) is -0.575. The van der Waals surface area contributed by atoms with Crippen molar-refractivity contribution in [3.05, 3.63) is 57.9 Å². The number of aliphatic hydroxyl groups is 1. The first-order valence-corrected chi connectivity index (χ1v) is 6.85. The number of aliphatic hydroxyl groups excluding tert-OH is 1. The number of aromatic amines is 1. The summed E-state index contributed by atoms with van der Waals surface area (Å²) in [5.74, 6) is 0.517. The number of aromatic nitrogens is 1. The summed E-state index contributed by atoms with van der Waals surface area (Å²) in [5, 5.41) is 10.5. The molecule has 2 N–H and O–H groups in total. The third kappa shape index (κ3) is 2.59. The van der Waals surface area contributed by atoms with E-state index in [-0.39, 0.29) is 0 Å². The molecule has 0 spiro atoms. The van der Waals surface area contributed by atoms with E-state index < -0.39 is 6.10 Å². The Labute approximate surface area is 115 Å². The highest BCUT2D eigenvalue weighted by Gasteiger charge is 2.17. The number of benzene rings is 1. The molecule has 0 aliphatic carbocycles. The van der Waals surface area contributed by atoms with Crippen LogP contribution in [0.5, 0.6) is 0 Å². The van der Waals surface area contributed by atoms with E-state index in [2.05, 4.69) is 44.8 Å². The normalized spacial score (nSPS) is 13.0. The van der Waals surface area contributed by atoms with Gasteiger partial charge in [-0.15, -0.1) is 0 Å². The third-order valence-corrected chi connectivity index (χ3v) is 4.04. The van der Waals surface area contributed by atoms with Crippen molar-refractivity contribution in [3.63, 3.8) is 0 Å². The van der Waals surface area contributed by atoms with Gasteiger partial charge >= 0.3 is 0 Å². The quantitative estimate of drug-likeness (QED) is 0.851. The van der Waals surface area contributed by atoms with Crippen LogP contribution in [-0.4, -0.2) is 10.1 Å². The maximum atomic E-state index is 10.5. The van der Waals surface area contributed by atoms with E-state index in [0.717, 1.165) is 22.5 Å². The number of rotatable bonds is 3. The molecule has 0 fully saturated rings. The Kier molecular flexibility index (Phi) is 3.81. The first-order chi connectivity index (χ1) is 8.91. The second kappa shape index (κ2) is 5.22.